The Hall–Kier alpha value is -3.87. The van der Waals surface area contributed by atoms with Crippen molar-refractivity contribution in [2.75, 3.05) is 5.32 Å². The summed E-state index contributed by atoms with van der Waals surface area (Å²) in [7, 11) is -3.87. The Labute approximate surface area is 236 Å². The number of amides is 1. The molecule has 0 atom stereocenters. The predicted octanol–water partition coefficient (Wildman–Crippen LogP) is 6.83. The summed E-state index contributed by atoms with van der Waals surface area (Å²) in [5.41, 5.74) is 1.91. The fraction of sp³-hybridized carbons (Fsp3) is 0.103. The Kier molecular flexibility index (Phi) is 8.90. The Balaban J connectivity index is 1.57. The molecule has 0 aliphatic heterocycles. The lowest BCUT2D eigenvalue weighted by Crippen LogP contribution is -2.30. The van der Waals surface area contributed by atoms with Crippen molar-refractivity contribution in [2.45, 2.75) is 24.9 Å². The zero-order chi connectivity index (χ0) is 28.0. The number of halogens is 2. The van der Waals surface area contributed by atoms with Crippen molar-refractivity contribution in [3.05, 3.63) is 123 Å². The number of nitriles is 1. The van der Waals surface area contributed by atoms with Crippen LogP contribution in [-0.2, 0) is 27.9 Å². The highest BCUT2D eigenvalue weighted by molar-refractivity contribution is 7.89. The smallest absolute Gasteiger partial charge is 0.266 e. The zero-order valence-electron chi connectivity index (χ0n) is 20.8. The highest BCUT2D eigenvalue weighted by Crippen LogP contribution is 2.26. The van der Waals surface area contributed by atoms with Crippen molar-refractivity contribution >= 4 is 50.9 Å². The summed E-state index contributed by atoms with van der Waals surface area (Å²) in [5, 5.41) is 12.7. The summed E-state index contributed by atoms with van der Waals surface area (Å²) in [6.07, 6.45) is 1.28. The molecule has 1 heterocycles. The summed E-state index contributed by atoms with van der Waals surface area (Å²) in [4.78, 5) is 12.8. The van der Waals surface area contributed by atoms with Crippen LogP contribution in [0.2, 0.25) is 10.0 Å². The first-order valence-electron chi connectivity index (χ1n) is 11.7. The number of nitrogens with one attached hydrogen (secondary N) is 1. The van der Waals surface area contributed by atoms with E-state index in [9.17, 15) is 18.5 Å². The van der Waals surface area contributed by atoms with E-state index in [4.69, 9.17) is 27.6 Å². The molecule has 39 heavy (non-hydrogen) atoms. The molecule has 1 N–H and O–H groups in total. The maximum absolute atomic E-state index is 13.5. The number of benzene rings is 3. The fourth-order valence-corrected chi connectivity index (χ4v) is 5.36. The fourth-order valence-electron chi connectivity index (χ4n) is 3.67. The SMILES string of the molecule is Cc1ccc(S(=O)(=O)N(Cc2ccccc2)Cc2ccc(/C=C(/C#N)C(=O)Nc3ccc(Cl)c(Cl)c3)o2)cc1. The molecule has 0 saturated carbocycles. The van der Waals surface area contributed by atoms with Crippen molar-refractivity contribution in [1.29, 1.82) is 5.26 Å². The molecule has 0 aliphatic rings. The van der Waals surface area contributed by atoms with Gasteiger partial charge in [-0.2, -0.15) is 9.57 Å². The standard InChI is InChI=1S/C29H23Cl2N3O4S/c1-20-7-12-26(13-8-20)39(36,37)34(18-21-5-3-2-4-6-21)19-25-11-10-24(38-25)15-22(17-32)29(35)33-23-9-14-27(30)28(31)16-23/h2-16H,18-19H2,1H3,(H,33,35)/b22-15-. The van der Waals surface area contributed by atoms with E-state index in [-0.39, 0.29) is 34.3 Å². The van der Waals surface area contributed by atoms with Gasteiger partial charge in [0.2, 0.25) is 10.0 Å². The average molecular weight is 580 g/mol. The van der Waals surface area contributed by atoms with Crippen molar-refractivity contribution in [3.8, 4) is 6.07 Å². The molecule has 1 amide bonds. The lowest BCUT2D eigenvalue weighted by atomic mass is 10.2. The van der Waals surface area contributed by atoms with Gasteiger partial charge in [-0.25, -0.2) is 8.42 Å². The van der Waals surface area contributed by atoms with E-state index in [1.807, 2.05) is 43.3 Å². The number of furan rings is 1. The summed E-state index contributed by atoms with van der Waals surface area (Å²) < 4.78 is 34.2. The third kappa shape index (κ3) is 7.16. The van der Waals surface area contributed by atoms with E-state index >= 15 is 0 Å². The number of carbonyl (C=O) groups excluding carboxylic acids is 1. The van der Waals surface area contributed by atoms with Crippen LogP contribution in [0.15, 0.2) is 99.8 Å². The Morgan fingerprint density at radius 3 is 2.36 bits per heavy atom. The molecule has 0 fully saturated rings. The lowest BCUT2D eigenvalue weighted by Gasteiger charge is -2.21. The van der Waals surface area contributed by atoms with Crippen LogP contribution in [0, 0.1) is 18.3 Å². The maximum atomic E-state index is 13.5. The number of hydrogen-bond donors (Lipinski definition) is 1. The van der Waals surface area contributed by atoms with E-state index in [0.29, 0.717) is 16.5 Å². The van der Waals surface area contributed by atoms with E-state index in [2.05, 4.69) is 5.32 Å². The molecule has 198 valence electrons. The van der Waals surface area contributed by atoms with Crippen LogP contribution in [0.3, 0.4) is 0 Å². The third-order valence-corrected chi connectivity index (χ3v) is 8.25. The molecular formula is C29H23Cl2N3O4S. The van der Waals surface area contributed by atoms with E-state index < -0.39 is 15.9 Å². The molecule has 0 bridgehead atoms. The minimum atomic E-state index is -3.87. The number of nitrogens with zero attached hydrogens (tertiary/aromatic N) is 2. The minimum Gasteiger partial charge on any atom is -0.460 e. The Morgan fingerprint density at radius 1 is 0.974 bits per heavy atom. The highest BCUT2D eigenvalue weighted by atomic mass is 35.5. The van der Waals surface area contributed by atoms with Crippen LogP contribution in [0.1, 0.15) is 22.6 Å². The molecule has 0 radical (unpaired) electrons. The monoisotopic (exact) mass is 579 g/mol. The quantitative estimate of drug-likeness (QED) is 0.173. The van der Waals surface area contributed by atoms with Crippen LogP contribution >= 0.6 is 23.2 Å². The normalized spacial score (nSPS) is 11.8. The summed E-state index contributed by atoms with van der Waals surface area (Å²) in [6.45, 7) is 1.95. The lowest BCUT2D eigenvalue weighted by molar-refractivity contribution is -0.112. The topological polar surface area (TPSA) is 103 Å². The van der Waals surface area contributed by atoms with E-state index in [0.717, 1.165) is 11.1 Å². The summed E-state index contributed by atoms with van der Waals surface area (Å²) in [5.74, 6) is -0.102. The van der Waals surface area contributed by atoms with Gasteiger partial charge in [-0.15, -0.1) is 0 Å². The molecule has 4 rings (SSSR count). The largest absolute Gasteiger partial charge is 0.460 e. The third-order valence-electron chi connectivity index (χ3n) is 5.70. The molecule has 0 saturated heterocycles. The summed E-state index contributed by atoms with van der Waals surface area (Å²) >= 11 is 11.9. The minimum absolute atomic E-state index is 0.0592. The first-order valence-corrected chi connectivity index (χ1v) is 13.9. The van der Waals surface area contributed by atoms with Crippen molar-refractivity contribution in [3.63, 3.8) is 0 Å². The second-order valence-corrected chi connectivity index (χ2v) is 11.4. The van der Waals surface area contributed by atoms with Gasteiger partial charge < -0.3 is 9.73 Å². The van der Waals surface area contributed by atoms with Crippen LogP contribution in [0.25, 0.3) is 6.08 Å². The molecule has 0 aliphatic carbocycles. The van der Waals surface area contributed by atoms with Gasteiger partial charge >= 0.3 is 0 Å². The van der Waals surface area contributed by atoms with E-state index in [1.165, 1.54) is 22.5 Å². The number of aryl methyl sites for hydroxylation is 1. The number of hydrogen-bond acceptors (Lipinski definition) is 5. The second kappa shape index (κ2) is 12.3. The summed E-state index contributed by atoms with van der Waals surface area (Å²) in [6, 6.07) is 25.5. The van der Waals surface area contributed by atoms with Gasteiger partial charge in [-0.05, 0) is 55.0 Å². The van der Waals surface area contributed by atoms with Crippen molar-refractivity contribution in [2.24, 2.45) is 0 Å². The van der Waals surface area contributed by atoms with Crippen molar-refractivity contribution in [1.82, 2.24) is 4.31 Å². The first kappa shape index (κ1) is 28.1. The average Bonchev–Trinajstić information content (AvgIpc) is 3.36. The molecule has 4 aromatic rings. The van der Waals surface area contributed by atoms with Crippen LogP contribution in [0.5, 0.6) is 0 Å². The van der Waals surface area contributed by atoms with Gasteiger partial charge in [0, 0.05) is 18.3 Å². The van der Waals surface area contributed by atoms with Gasteiger partial charge in [0.15, 0.2) is 0 Å². The molecule has 1 aromatic heterocycles. The van der Waals surface area contributed by atoms with Crippen molar-refractivity contribution < 1.29 is 17.6 Å². The highest BCUT2D eigenvalue weighted by Gasteiger charge is 2.26. The van der Waals surface area contributed by atoms with Crippen LogP contribution < -0.4 is 5.32 Å². The number of rotatable bonds is 9. The van der Waals surface area contributed by atoms with Crippen LogP contribution in [-0.4, -0.2) is 18.6 Å². The number of carbonyl (C=O) groups is 1. The molecule has 10 heteroatoms. The Morgan fingerprint density at radius 2 is 1.69 bits per heavy atom. The first-order chi connectivity index (χ1) is 18.7. The molecule has 0 unspecified atom stereocenters. The van der Waals surface area contributed by atoms with Gasteiger partial charge in [0.05, 0.1) is 21.5 Å². The van der Waals surface area contributed by atoms with Gasteiger partial charge in [-0.3, -0.25) is 4.79 Å². The molecule has 3 aromatic carbocycles. The zero-order valence-corrected chi connectivity index (χ0v) is 23.1. The predicted molar refractivity (Wildman–Crippen MR) is 151 cm³/mol. The maximum Gasteiger partial charge on any atom is 0.266 e. The van der Waals surface area contributed by atoms with Gasteiger partial charge in [0.25, 0.3) is 5.91 Å². The number of sulfonamides is 1. The van der Waals surface area contributed by atoms with Gasteiger partial charge in [0.1, 0.15) is 23.2 Å². The Bertz CT molecular complexity index is 1660. The van der Waals surface area contributed by atoms with E-state index in [1.54, 1.807) is 42.5 Å². The van der Waals surface area contributed by atoms with Crippen LogP contribution in [0.4, 0.5) is 5.69 Å². The molecular weight excluding hydrogens is 557 g/mol. The second-order valence-electron chi connectivity index (χ2n) is 8.63. The van der Waals surface area contributed by atoms with Gasteiger partial charge in [-0.1, -0.05) is 71.2 Å². The molecule has 7 nitrogen and oxygen atoms in total. The molecule has 0 spiro atoms. The number of anilines is 1.